The van der Waals surface area contributed by atoms with Gasteiger partial charge in [-0.3, -0.25) is 0 Å². The number of aliphatic hydroxyl groups excluding tert-OH is 1. The fourth-order valence-electron chi connectivity index (χ4n) is 1.62. The molecule has 2 aromatic rings. The summed E-state index contributed by atoms with van der Waals surface area (Å²) < 4.78 is 0.845. The molecule has 0 bridgehead atoms. The van der Waals surface area contributed by atoms with Gasteiger partial charge >= 0.3 is 0 Å². The maximum atomic E-state index is 10.0. The lowest BCUT2D eigenvalue weighted by molar-refractivity contribution is 0.191. The van der Waals surface area contributed by atoms with E-state index in [2.05, 4.69) is 21.2 Å². The summed E-state index contributed by atoms with van der Waals surface area (Å²) in [6, 6.07) is 12.7. The van der Waals surface area contributed by atoms with Crippen molar-refractivity contribution in [1.82, 2.24) is 0 Å². The summed E-state index contributed by atoms with van der Waals surface area (Å²) in [6.07, 6.45) is -0.598. The van der Waals surface area contributed by atoms with Crippen molar-refractivity contribution in [1.29, 1.82) is 0 Å². The second-order valence-electron chi connectivity index (χ2n) is 4.08. The lowest BCUT2D eigenvalue weighted by Gasteiger charge is -2.13. The van der Waals surface area contributed by atoms with E-state index in [1.807, 2.05) is 24.3 Å². The summed E-state index contributed by atoms with van der Waals surface area (Å²) in [5.74, 6) is 0. The van der Waals surface area contributed by atoms with Crippen molar-refractivity contribution in [2.24, 2.45) is 0 Å². The van der Waals surface area contributed by atoms with Crippen LogP contribution in [0.2, 0.25) is 10.0 Å². The zero-order valence-corrected chi connectivity index (χ0v) is 13.0. The molecule has 0 aliphatic carbocycles. The fraction of sp³-hybridized carbons (Fsp3) is 0.143. The topological polar surface area (TPSA) is 32.3 Å². The minimum atomic E-state index is -0.598. The van der Waals surface area contributed by atoms with Crippen molar-refractivity contribution in [3.05, 3.63) is 62.5 Å². The summed E-state index contributed by atoms with van der Waals surface area (Å²) in [7, 11) is 0. The van der Waals surface area contributed by atoms with Crippen LogP contribution in [-0.4, -0.2) is 11.7 Å². The Hall–Kier alpha value is -0.740. The molecule has 0 spiro atoms. The van der Waals surface area contributed by atoms with Gasteiger partial charge in [-0.1, -0.05) is 35.3 Å². The SMILES string of the molecule is OC(CNc1ccc(Br)c(Cl)c1)c1ccc(Cl)cc1. The first-order chi connectivity index (χ1) is 9.06. The molecule has 19 heavy (non-hydrogen) atoms. The van der Waals surface area contributed by atoms with Crippen LogP contribution in [0.4, 0.5) is 5.69 Å². The Bertz CT molecular complexity index is 560. The Morgan fingerprint density at radius 3 is 2.42 bits per heavy atom. The summed E-state index contributed by atoms with van der Waals surface area (Å²) in [6.45, 7) is 0.402. The summed E-state index contributed by atoms with van der Waals surface area (Å²) in [5, 5.41) is 14.5. The quantitative estimate of drug-likeness (QED) is 0.812. The highest BCUT2D eigenvalue weighted by Gasteiger charge is 2.07. The van der Waals surface area contributed by atoms with Gasteiger partial charge in [0.1, 0.15) is 0 Å². The normalized spacial score (nSPS) is 12.2. The predicted octanol–water partition coefficient (Wildman–Crippen LogP) is 4.90. The Labute approximate surface area is 130 Å². The fourth-order valence-corrected chi connectivity index (χ4v) is 2.18. The second-order valence-corrected chi connectivity index (χ2v) is 5.78. The van der Waals surface area contributed by atoms with E-state index < -0.39 is 6.10 Å². The molecule has 0 fully saturated rings. The molecule has 1 atom stereocenters. The number of halogens is 3. The highest BCUT2D eigenvalue weighted by atomic mass is 79.9. The average molecular weight is 361 g/mol. The lowest BCUT2D eigenvalue weighted by Crippen LogP contribution is -2.12. The third-order valence-corrected chi connectivity index (χ3v) is 4.16. The van der Waals surface area contributed by atoms with E-state index >= 15 is 0 Å². The summed E-state index contributed by atoms with van der Waals surface area (Å²) in [4.78, 5) is 0. The van der Waals surface area contributed by atoms with Crippen LogP contribution in [0, 0.1) is 0 Å². The van der Waals surface area contributed by atoms with Crippen molar-refractivity contribution in [2.75, 3.05) is 11.9 Å². The van der Waals surface area contributed by atoms with E-state index in [-0.39, 0.29) is 0 Å². The molecule has 0 saturated carbocycles. The summed E-state index contributed by atoms with van der Waals surface area (Å²) in [5.41, 5.74) is 1.68. The Balaban J connectivity index is 1.98. The van der Waals surface area contributed by atoms with E-state index in [9.17, 15) is 5.11 Å². The van der Waals surface area contributed by atoms with Crippen LogP contribution in [0.15, 0.2) is 46.9 Å². The van der Waals surface area contributed by atoms with Gasteiger partial charge in [-0.05, 0) is 51.8 Å². The van der Waals surface area contributed by atoms with Crippen LogP contribution < -0.4 is 5.32 Å². The van der Waals surface area contributed by atoms with Crippen molar-refractivity contribution in [3.63, 3.8) is 0 Å². The van der Waals surface area contributed by atoms with Crippen molar-refractivity contribution in [3.8, 4) is 0 Å². The zero-order chi connectivity index (χ0) is 13.8. The average Bonchev–Trinajstić information content (AvgIpc) is 2.40. The molecule has 2 rings (SSSR count). The molecule has 5 heteroatoms. The number of hydrogen-bond donors (Lipinski definition) is 2. The predicted molar refractivity (Wildman–Crippen MR) is 84.1 cm³/mol. The maximum absolute atomic E-state index is 10.0. The number of aliphatic hydroxyl groups is 1. The van der Waals surface area contributed by atoms with Gasteiger partial charge in [-0.25, -0.2) is 0 Å². The van der Waals surface area contributed by atoms with Gasteiger partial charge in [0.05, 0.1) is 11.1 Å². The van der Waals surface area contributed by atoms with Crippen LogP contribution in [0.1, 0.15) is 11.7 Å². The van der Waals surface area contributed by atoms with Gasteiger partial charge in [0, 0.05) is 21.7 Å². The minimum Gasteiger partial charge on any atom is -0.387 e. The van der Waals surface area contributed by atoms with Gasteiger partial charge < -0.3 is 10.4 Å². The van der Waals surface area contributed by atoms with Crippen LogP contribution >= 0.6 is 39.1 Å². The third-order valence-electron chi connectivity index (χ3n) is 2.67. The number of rotatable bonds is 4. The molecule has 0 saturated heterocycles. The van der Waals surface area contributed by atoms with Crippen molar-refractivity contribution >= 4 is 44.8 Å². The highest BCUT2D eigenvalue weighted by Crippen LogP contribution is 2.26. The van der Waals surface area contributed by atoms with Gasteiger partial charge in [-0.15, -0.1) is 0 Å². The first-order valence-electron chi connectivity index (χ1n) is 5.69. The molecule has 100 valence electrons. The number of anilines is 1. The van der Waals surface area contributed by atoms with Gasteiger partial charge in [0.2, 0.25) is 0 Å². The number of nitrogens with one attached hydrogen (secondary N) is 1. The molecular weight excluding hydrogens is 349 g/mol. The Morgan fingerprint density at radius 1 is 1.11 bits per heavy atom. The zero-order valence-electron chi connectivity index (χ0n) is 9.91. The number of hydrogen-bond acceptors (Lipinski definition) is 2. The molecule has 2 nitrogen and oxygen atoms in total. The molecular formula is C14H12BrCl2NO. The molecule has 0 amide bonds. The van der Waals surface area contributed by atoms with E-state index in [0.29, 0.717) is 16.6 Å². The first-order valence-corrected chi connectivity index (χ1v) is 7.23. The third kappa shape index (κ3) is 4.11. The monoisotopic (exact) mass is 359 g/mol. The number of benzene rings is 2. The first kappa shape index (κ1) is 14.7. The summed E-state index contributed by atoms with van der Waals surface area (Å²) >= 11 is 15.1. The van der Waals surface area contributed by atoms with Gasteiger partial charge in [0.25, 0.3) is 0 Å². The molecule has 2 N–H and O–H groups in total. The molecule has 0 radical (unpaired) electrons. The Morgan fingerprint density at radius 2 is 1.79 bits per heavy atom. The maximum Gasteiger partial charge on any atom is 0.0962 e. The van der Waals surface area contributed by atoms with Crippen LogP contribution in [-0.2, 0) is 0 Å². The van der Waals surface area contributed by atoms with Crippen LogP contribution in [0.5, 0.6) is 0 Å². The smallest absolute Gasteiger partial charge is 0.0962 e. The van der Waals surface area contributed by atoms with Crippen molar-refractivity contribution in [2.45, 2.75) is 6.10 Å². The van der Waals surface area contributed by atoms with E-state index in [1.165, 1.54) is 0 Å². The minimum absolute atomic E-state index is 0.402. The van der Waals surface area contributed by atoms with Gasteiger partial charge in [-0.2, -0.15) is 0 Å². The second kappa shape index (κ2) is 6.62. The lowest BCUT2D eigenvalue weighted by atomic mass is 10.1. The van der Waals surface area contributed by atoms with E-state index in [1.54, 1.807) is 18.2 Å². The molecule has 0 heterocycles. The van der Waals surface area contributed by atoms with Crippen molar-refractivity contribution < 1.29 is 5.11 Å². The van der Waals surface area contributed by atoms with E-state index in [0.717, 1.165) is 15.7 Å². The molecule has 2 aromatic carbocycles. The van der Waals surface area contributed by atoms with Gasteiger partial charge in [0.15, 0.2) is 0 Å². The molecule has 0 aliphatic rings. The van der Waals surface area contributed by atoms with Crippen LogP contribution in [0.3, 0.4) is 0 Å². The molecule has 0 aliphatic heterocycles. The highest BCUT2D eigenvalue weighted by molar-refractivity contribution is 9.10. The largest absolute Gasteiger partial charge is 0.387 e. The Kier molecular flexibility index (Phi) is 5.11. The van der Waals surface area contributed by atoms with Crippen LogP contribution in [0.25, 0.3) is 0 Å². The van der Waals surface area contributed by atoms with E-state index in [4.69, 9.17) is 23.2 Å². The standard InChI is InChI=1S/C14H12BrCl2NO/c15-12-6-5-11(7-13(12)17)18-8-14(19)9-1-3-10(16)4-2-9/h1-7,14,18-19H,8H2. The molecule has 0 aromatic heterocycles. The molecule has 1 unspecified atom stereocenters.